The fourth-order valence-electron chi connectivity index (χ4n) is 4.50. The Hall–Kier alpha value is -1.14. The number of fused-ring (bicyclic) bond motifs is 1. The second-order valence-corrected chi connectivity index (χ2v) is 8.72. The maximum Gasteiger partial charge on any atom is 0.311 e. The van der Waals surface area contributed by atoms with Gasteiger partial charge in [0.1, 0.15) is 12.7 Å². The molecule has 4 atom stereocenters. The Kier molecular flexibility index (Phi) is 5.92. The minimum Gasteiger partial charge on any atom is -0.463 e. The summed E-state index contributed by atoms with van der Waals surface area (Å²) in [4.78, 5) is 23.9. The molecule has 4 rings (SSSR count). The molecule has 0 aromatic rings. The molecule has 26 heavy (non-hydrogen) atoms. The van der Waals surface area contributed by atoms with Gasteiger partial charge in [0.05, 0.1) is 36.8 Å². The van der Waals surface area contributed by atoms with Gasteiger partial charge in [0.25, 0.3) is 0 Å². The molecular weight excluding hydrogens is 336 g/mol. The van der Waals surface area contributed by atoms with Crippen molar-refractivity contribution in [3.63, 3.8) is 0 Å². The van der Waals surface area contributed by atoms with Crippen LogP contribution in [0.3, 0.4) is 0 Å². The first-order valence-corrected chi connectivity index (χ1v) is 9.93. The lowest BCUT2D eigenvalue weighted by Crippen LogP contribution is -2.47. The Morgan fingerprint density at radius 1 is 1.15 bits per heavy atom. The van der Waals surface area contributed by atoms with Crippen LogP contribution in [0.4, 0.5) is 0 Å². The van der Waals surface area contributed by atoms with Crippen molar-refractivity contribution in [1.29, 1.82) is 0 Å². The summed E-state index contributed by atoms with van der Waals surface area (Å²) in [6.07, 6.45) is 5.34. The van der Waals surface area contributed by atoms with Gasteiger partial charge in [-0.25, -0.2) is 0 Å². The Morgan fingerprint density at radius 3 is 2.69 bits per heavy atom. The number of rotatable bonds is 9. The van der Waals surface area contributed by atoms with E-state index in [1.54, 1.807) is 0 Å². The molecule has 4 fully saturated rings. The van der Waals surface area contributed by atoms with Crippen LogP contribution in [-0.4, -0.2) is 50.1 Å². The lowest BCUT2D eigenvalue weighted by atomic mass is 9.65. The van der Waals surface area contributed by atoms with E-state index in [9.17, 15) is 9.59 Å². The molecule has 2 saturated carbocycles. The summed E-state index contributed by atoms with van der Waals surface area (Å²) in [5, 5.41) is 0. The van der Waals surface area contributed by atoms with E-state index in [1.165, 1.54) is 0 Å². The van der Waals surface area contributed by atoms with Crippen molar-refractivity contribution in [1.82, 2.24) is 0 Å². The van der Waals surface area contributed by atoms with Crippen molar-refractivity contribution in [2.75, 3.05) is 26.4 Å². The van der Waals surface area contributed by atoms with E-state index < -0.39 is 5.41 Å². The van der Waals surface area contributed by atoms with Crippen molar-refractivity contribution in [2.45, 2.75) is 71.0 Å². The molecule has 2 heterocycles. The number of hydrogen-bond donors (Lipinski definition) is 0. The maximum absolute atomic E-state index is 12.1. The summed E-state index contributed by atoms with van der Waals surface area (Å²) in [5.74, 6) is 0.329. The van der Waals surface area contributed by atoms with Gasteiger partial charge in [0.2, 0.25) is 0 Å². The highest BCUT2D eigenvalue weighted by atomic mass is 16.6. The molecule has 4 bridgehead atoms. The van der Waals surface area contributed by atoms with Gasteiger partial charge in [-0.1, -0.05) is 6.92 Å². The monoisotopic (exact) mass is 368 g/mol. The van der Waals surface area contributed by atoms with E-state index in [0.29, 0.717) is 25.7 Å². The summed E-state index contributed by atoms with van der Waals surface area (Å²) in [6.45, 7) is 7.33. The Bertz CT molecular complexity index is 530. The molecule has 4 unspecified atom stereocenters. The molecular formula is C20H32O6. The van der Waals surface area contributed by atoms with Gasteiger partial charge in [-0.15, -0.1) is 0 Å². The molecule has 6 nitrogen and oxygen atoms in total. The summed E-state index contributed by atoms with van der Waals surface area (Å²) >= 11 is 0. The van der Waals surface area contributed by atoms with Crippen LogP contribution in [0, 0.1) is 17.3 Å². The third kappa shape index (κ3) is 4.39. The second kappa shape index (κ2) is 7.85. The largest absolute Gasteiger partial charge is 0.463 e. The van der Waals surface area contributed by atoms with E-state index in [0.717, 1.165) is 38.5 Å². The molecule has 2 saturated heterocycles. The molecule has 6 heteroatoms. The Labute approximate surface area is 155 Å². The van der Waals surface area contributed by atoms with Crippen molar-refractivity contribution in [2.24, 2.45) is 17.3 Å². The molecule has 0 aromatic heterocycles. The van der Waals surface area contributed by atoms with Gasteiger partial charge < -0.3 is 18.9 Å². The minimum atomic E-state index is -0.445. The van der Waals surface area contributed by atoms with E-state index in [4.69, 9.17) is 18.9 Å². The molecule has 0 amide bonds. The highest BCUT2D eigenvalue weighted by molar-refractivity contribution is 5.75. The zero-order chi connectivity index (χ0) is 18.8. The summed E-state index contributed by atoms with van der Waals surface area (Å²) in [5.41, 5.74) is -0.663. The number of carbonyl (C=O) groups excluding carboxylic acids is 2. The summed E-state index contributed by atoms with van der Waals surface area (Å²) < 4.78 is 22.6. The van der Waals surface area contributed by atoms with Crippen LogP contribution in [-0.2, 0) is 28.5 Å². The molecule has 2 aliphatic carbocycles. The van der Waals surface area contributed by atoms with Gasteiger partial charge in [-0.2, -0.15) is 0 Å². The summed E-state index contributed by atoms with van der Waals surface area (Å²) in [7, 11) is 0. The molecule has 0 spiro atoms. The van der Waals surface area contributed by atoms with Crippen LogP contribution in [0.5, 0.6) is 0 Å². The fraction of sp³-hybridized carbons (Fsp3) is 0.900. The zero-order valence-electron chi connectivity index (χ0n) is 16.3. The lowest BCUT2D eigenvalue weighted by molar-refractivity contribution is -0.156. The number of carbonyl (C=O) groups is 2. The fourth-order valence-corrected chi connectivity index (χ4v) is 4.50. The minimum absolute atomic E-state index is 0.00324. The van der Waals surface area contributed by atoms with Gasteiger partial charge in [-0.05, 0) is 51.9 Å². The van der Waals surface area contributed by atoms with Gasteiger partial charge in [0.15, 0.2) is 0 Å². The average molecular weight is 368 g/mol. The Morgan fingerprint density at radius 2 is 1.92 bits per heavy atom. The lowest BCUT2D eigenvalue weighted by Gasteiger charge is -2.46. The van der Waals surface area contributed by atoms with Gasteiger partial charge in [-0.3, -0.25) is 9.59 Å². The van der Waals surface area contributed by atoms with E-state index in [-0.39, 0.29) is 36.2 Å². The smallest absolute Gasteiger partial charge is 0.311 e. The van der Waals surface area contributed by atoms with Crippen molar-refractivity contribution >= 4 is 11.9 Å². The SMILES string of the molecule is CCC(C)(C)C(=O)OCCOCCOC12CC3CC(C1)OC(=O)C(C3)C2. The highest BCUT2D eigenvalue weighted by Crippen LogP contribution is 2.51. The first-order chi connectivity index (χ1) is 12.3. The maximum atomic E-state index is 12.1. The molecule has 0 N–H and O–H groups in total. The quantitative estimate of drug-likeness (QED) is 0.460. The first kappa shape index (κ1) is 19.6. The Balaban J connectivity index is 1.34. The average Bonchev–Trinajstić information content (AvgIpc) is 2.75. The van der Waals surface area contributed by atoms with Crippen molar-refractivity contribution < 1.29 is 28.5 Å². The van der Waals surface area contributed by atoms with Crippen molar-refractivity contribution in [3.8, 4) is 0 Å². The van der Waals surface area contributed by atoms with Crippen LogP contribution >= 0.6 is 0 Å². The van der Waals surface area contributed by atoms with Crippen LogP contribution in [0.1, 0.15) is 59.3 Å². The van der Waals surface area contributed by atoms with Crippen LogP contribution in [0.25, 0.3) is 0 Å². The van der Waals surface area contributed by atoms with Gasteiger partial charge in [0, 0.05) is 6.42 Å². The molecule has 2 aliphatic heterocycles. The van der Waals surface area contributed by atoms with Crippen LogP contribution in [0.15, 0.2) is 0 Å². The van der Waals surface area contributed by atoms with Crippen LogP contribution < -0.4 is 0 Å². The molecule has 0 radical (unpaired) electrons. The first-order valence-electron chi connectivity index (χ1n) is 9.93. The summed E-state index contributed by atoms with van der Waals surface area (Å²) in [6, 6.07) is 0. The van der Waals surface area contributed by atoms with E-state index in [2.05, 4.69) is 0 Å². The molecule has 0 aromatic carbocycles. The van der Waals surface area contributed by atoms with E-state index >= 15 is 0 Å². The van der Waals surface area contributed by atoms with Crippen LogP contribution in [0.2, 0.25) is 0 Å². The topological polar surface area (TPSA) is 71.1 Å². The number of ether oxygens (including phenoxy) is 4. The normalized spacial score (nSPS) is 33.0. The zero-order valence-corrected chi connectivity index (χ0v) is 16.3. The standard InChI is InChI=1S/C20H32O6/c1-4-19(2,3)18(22)24-7-5-23-6-8-25-20-11-14-9-15(12-20)17(21)26-16(10-14)13-20/h14-16H,4-13H2,1-3H3. The van der Waals surface area contributed by atoms with Crippen molar-refractivity contribution in [3.05, 3.63) is 0 Å². The molecule has 4 aliphatic rings. The number of hydrogen-bond acceptors (Lipinski definition) is 6. The number of esters is 2. The van der Waals surface area contributed by atoms with Gasteiger partial charge >= 0.3 is 11.9 Å². The third-order valence-corrected chi connectivity index (χ3v) is 6.24. The van der Waals surface area contributed by atoms with E-state index in [1.807, 2.05) is 20.8 Å². The second-order valence-electron chi connectivity index (χ2n) is 8.72. The predicted octanol–water partition coefficient (Wildman–Crippen LogP) is 2.87. The predicted molar refractivity (Wildman–Crippen MR) is 94.5 cm³/mol. The third-order valence-electron chi connectivity index (χ3n) is 6.24. The highest BCUT2D eigenvalue weighted by Gasteiger charge is 2.53. The molecule has 148 valence electrons.